The van der Waals surface area contributed by atoms with E-state index in [0.29, 0.717) is 24.2 Å². The van der Waals surface area contributed by atoms with Crippen LogP contribution in [-0.4, -0.2) is 24.5 Å². The normalized spacial score (nSPS) is 11.6. The average molecular weight is 287 g/mol. The predicted molar refractivity (Wildman–Crippen MR) is 81.7 cm³/mol. The molecule has 1 amide bonds. The monoisotopic (exact) mass is 287 g/mol. The smallest absolute Gasteiger partial charge is 0.328 e. The van der Waals surface area contributed by atoms with Gasteiger partial charge in [0.25, 0.3) is 5.91 Å². The van der Waals surface area contributed by atoms with Crippen LogP contribution in [0.3, 0.4) is 0 Å². The van der Waals surface area contributed by atoms with E-state index >= 15 is 0 Å². The van der Waals surface area contributed by atoms with Crippen molar-refractivity contribution < 1.29 is 14.3 Å². The summed E-state index contributed by atoms with van der Waals surface area (Å²) in [6.45, 7) is 6.01. The highest BCUT2D eigenvalue weighted by Gasteiger charge is 2.23. The molecule has 0 saturated carbocycles. The number of rotatable bonds is 6. The minimum absolute atomic E-state index is 0.267. The Labute approximate surface area is 125 Å². The van der Waals surface area contributed by atoms with Gasteiger partial charge in [-0.3, -0.25) is 4.79 Å². The van der Waals surface area contributed by atoms with Gasteiger partial charge in [-0.1, -0.05) is 19.8 Å². The van der Waals surface area contributed by atoms with Gasteiger partial charge in [0.15, 0.2) is 0 Å². The van der Waals surface area contributed by atoms with Crippen LogP contribution in [0.1, 0.15) is 43.1 Å². The fourth-order valence-electron chi connectivity index (χ4n) is 1.89. The molecule has 21 heavy (non-hydrogen) atoms. The minimum atomic E-state index is -0.634. The highest BCUT2D eigenvalue weighted by atomic mass is 16.5. The molecule has 4 nitrogen and oxygen atoms in total. The van der Waals surface area contributed by atoms with Crippen LogP contribution in [0.25, 0.3) is 0 Å². The quantitative estimate of drug-likeness (QED) is 0.645. The standard InChI is InChI=1S/C17H21NO3/c1-5-13-7-9-14(10-8-13)16(19)18-15(11-12(3)4)17(20)21-6-2/h1,7-10,12,15H,6,11H2,2-4H3,(H,18,19)/t15-/m0/s1. The van der Waals surface area contributed by atoms with Crippen LogP contribution in [-0.2, 0) is 9.53 Å². The maximum atomic E-state index is 12.2. The topological polar surface area (TPSA) is 55.4 Å². The van der Waals surface area contributed by atoms with Gasteiger partial charge in [-0.15, -0.1) is 6.42 Å². The maximum Gasteiger partial charge on any atom is 0.328 e. The van der Waals surface area contributed by atoms with Crippen LogP contribution >= 0.6 is 0 Å². The van der Waals surface area contributed by atoms with Gasteiger partial charge in [-0.25, -0.2) is 4.79 Å². The van der Waals surface area contributed by atoms with Crippen LogP contribution in [0.15, 0.2) is 24.3 Å². The number of benzene rings is 1. The van der Waals surface area contributed by atoms with E-state index in [1.165, 1.54) is 0 Å². The summed E-state index contributed by atoms with van der Waals surface area (Å²) >= 11 is 0. The fourth-order valence-corrected chi connectivity index (χ4v) is 1.89. The largest absolute Gasteiger partial charge is 0.464 e. The molecule has 0 heterocycles. The molecule has 0 fully saturated rings. The molecule has 1 rings (SSSR count). The molecule has 0 unspecified atom stereocenters. The third kappa shape index (κ3) is 5.31. The fraction of sp³-hybridized carbons (Fsp3) is 0.412. The number of hydrogen-bond donors (Lipinski definition) is 1. The molecule has 0 radical (unpaired) electrons. The molecular weight excluding hydrogens is 266 g/mol. The number of esters is 1. The van der Waals surface area contributed by atoms with Crippen molar-refractivity contribution >= 4 is 11.9 Å². The zero-order valence-corrected chi connectivity index (χ0v) is 12.7. The number of carbonyl (C=O) groups excluding carboxylic acids is 2. The molecule has 0 aromatic heterocycles. The van der Waals surface area contributed by atoms with Crippen LogP contribution in [0.2, 0.25) is 0 Å². The Kier molecular flexibility index (Phi) is 6.48. The molecule has 1 atom stereocenters. The SMILES string of the molecule is C#Cc1ccc(C(=O)N[C@@H](CC(C)C)C(=O)OCC)cc1. The first-order chi connectivity index (χ1) is 9.97. The summed E-state index contributed by atoms with van der Waals surface area (Å²) in [5.41, 5.74) is 1.17. The zero-order valence-electron chi connectivity index (χ0n) is 12.7. The van der Waals surface area contributed by atoms with Crippen LogP contribution in [0, 0.1) is 18.3 Å². The Morgan fingerprint density at radius 1 is 1.29 bits per heavy atom. The van der Waals surface area contributed by atoms with Crippen molar-refractivity contribution in [2.45, 2.75) is 33.2 Å². The van der Waals surface area contributed by atoms with Crippen molar-refractivity contribution in [2.75, 3.05) is 6.61 Å². The third-order valence-electron chi connectivity index (χ3n) is 2.90. The first kappa shape index (κ1) is 16.8. The van der Waals surface area contributed by atoms with Crippen molar-refractivity contribution in [3.05, 3.63) is 35.4 Å². The molecule has 0 saturated heterocycles. The van der Waals surface area contributed by atoms with Crippen LogP contribution in [0.4, 0.5) is 0 Å². The molecule has 0 aliphatic carbocycles. The molecule has 4 heteroatoms. The molecule has 0 spiro atoms. The Morgan fingerprint density at radius 3 is 2.38 bits per heavy atom. The number of ether oxygens (including phenoxy) is 1. The molecule has 0 aliphatic heterocycles. The molecular formula is C17H21NO3. The number of carbonyl (C=O) groups is 2. The van der Waals surface area contributed by atoms with Crippen molar-refractivity contribution in [2.24, 2.45) is 5.92 Å². The van der Waals surface area contributed by atoms with Crippen molar-refractivity contribution in [1.29, 1.82) is 0 Å². The molecule has 0 bridgehead atoms. The van der Waals surface area contributed by atoms with E-state index in [1.54, 1.807) is 31.2 Å². The summed E-state index contributed by atoms with van der Waals surface area (Å²) in [7, 11) is 0. The summed E-state index contributed by atoms with van der Waals surface area (Å²) < 4.78 is 5.00. The highest BCUT2D eigenvalue weighted by molar-refractivity contribution is 5.96. The molecule has 0 aliphatic rings. The molecule has 112 valence electrons. The number of hydrogen-bond acceptors (Lipinski definition) is 3. The first-order valence-corrected chi connectivity index (χ1v) is 7.02. The van der Waals surface area contributed by atoms with E-state index in [-0.39, 0.29) is 11.8 Å². The zero-order chi connectivity index (χ0) is 15.8. The second-order valence-corrected chi connectivity index (χ2v) is 5.13. The summed E-state index contributed by atoms with van der Waals surface area (Å²) in [5, 5.41) is 2.72. The van der Waals surface area contributed by atoms with Crippen molar-refractivity contribution in [3.8, 4) is 12.3 Å². The highest BCUT2D eigenvalue weighted by Crippen LogP contribution is 2.09. The van der Waals surface area contributed by atoms with Gasteiger partial charge in [0, 0.05) is 11.1 Å². The van der Waals surface area contributed by atoms with Crippen LogP contribution < -0.4 is 5.32 Å². The van der Waals surface area contributed by atoms with Crippen LogP contribution in [0.5, 0.6) is 0 Å². The number of amides is 1. The van der Waals surface area contributed by atoms with Gasteiger partial charge in [-0.05, 0) is 43.5 Å². The summed E-state index contributed by atoms with van der Waals surface area (Å²) in [4.78, 5) is 24.1. The summed E-state index contributed by atoms with van der Waals surface area (Å²) in [6, 6.07) is 6.03. The van der Waals surface area contributed by atoms with E-state index in [9.17, 15) is 9.59 Å². The lowest BCUT2D eigenvalue weighted by atomic mass is 10.0. The van der Waals surface area contributed by atoms with Gasteiger partial charge >= 0.3 is 5.97 Å². The summed E-state index contributed by atoms with van der Waals surface area (Å²) in [6.07, 6.45) is 5.81. The Morgan fingerprint density at radius 2 is 1.90 bits per heavy atom. The Hall–Kier alpha value is -2.28. The average Bonchev–Trinajstić information content (AvgIpc) is 2.46. The lowest BCUT2D eigenvalue weighted by Gasteiger charge is -2.19. The lowest BCUT2D eigenvalue weighted by molar-refractivity contribution is -0.145. The van der Waals surface area contributed by atoms with Gasteiger partial charge in [0.1, 0.15) is 6.04 Å². The second-order valence-electron chi connectivity index (χ2n) is 5.13. The second kappa shape index (κ2) is 8.11. The molecule has 1 aromatic carbocycles. The van der Waals surface area contributed by atoms with E-state index in [2.05, 4.69) is 11.2 Å². The van der Waals surface area contributed by atoms with Gasteiger partial charge in [0.2, 0.25) is 0 Å². The van der Waals surface area contributed by atoms with Crippen molar-refractivity contribution in [1.82, 2.24) is 5.32 Å². The first-order valence-electron chi connectivity index (χ1n) is 7.02. The third-order valence-corrected chi connectivity index (χ3v) is 2.90. The predicted octanol–water partition coefficient (Wildman–Crippen LogP) is 2.38. The number of terminal acetylenes is 1. The number of nitrogens with one attached hydrogen (secondary N) is 1. The van der Waals surface area contributed by atoms with E-state index in [4.69, 9.17) is 11.2 Å². The van der Waals surface area contributed by atoms with Crippen molar-refractivity contribution in [3.63, 3.8) is 0 Å². The van der Waals surface area contributed by atoms with E-state index < -0.39 is 12.0 Å². The molecule has 1 N–H and O–H groups in total. The van der Waals surface area contributed by atoms with Gasteiger partial charge in [-0.2, -0.15) is 0 Å². The minimum Gasteiger partial charge on any atom is -0.464 e. The van der Waals surface area contributed by atoms with Gasteiger partial charge < -0.3 is 10.1 Å². The Bertz CT molecular complexity index is 526. The maximum absolute atomic E-state index is 12.2. The van der Waals surface area contributed by atoms with E-state index in [0.717, 1.165) is 0 Å². The van der Waals surface area contributed by atoms with E-state index in [1.807, 2.05) is 13.8 Å². The lowest BCUT2D eigenvalue weighted by Crippen LogP contribution is -2.42. The molecule has 1 aromatic rings. The summed E-state index contributed by atoms with van der Waals surface area (Å²) in [5.74, 6) is 2.05. The Balaban J connectivity index is 2.79. The van der Waals surface area contributed by atoms with Gasteiger partial charge in [0.05, 0.1) is 6.61 Å².